The Kier molecular flexibility index (Phi) is 7.36. The molecule has 0 saturated heterocycles. The van der Waals surface area contributed by atoms with Crippen LogP contribution >= 0.6 is 0 Å². The molecule has 0 fully saturated rings. The summed E-state index contributed by atoms with van der Waals surface area (Å²) in [4.78, 5) is 11.7. The fourth-order valence-corrected chi connectivity index (χ4v) is 2.06. The van der Waals surface area contributed by atoms with Gasteiger partial charge in [-0.15, -0.1) is 0 Å². The zero-order valence-electron chi connectivity index (χ0n) is 14.8. The Morgan fingerprint density at radius 3 is 2.52 bits per heavy atom. The molecule has 0 spiro atoms. The number of aliphatic hydroxyl groups is 1. The van der Waals surface area contributed by atoms with Gasteiger partial charge in [0.1, 0.15) is 17.5 Å². The highest BCUT2D eigenvalue weighted by Gasteiger charge is 2.17. The lowest BCUT2D eigenvalue weighted by molar-refractivity contribution is 0.0520. The van der Waals surface area contributed by atoms with E-state index in [1.807, 2.05) is 52.0 Å². The smallest absolute Gasteiger partial charge is 0.407 e. The molecule has 2 N–H and O–H groups in total. The summed E-state index contributed by atoms with van der Waals surface area (Å²) in [5.41, 5.74) is 0.570. The van der Waals surface area contributed by atoms with Gasteiger partial charge in [0.15, 0.2) is 0 Å². The number of carbonyl (C=O) groups excluding carboxylic acids is 1. The molecule has 0 aliphatic heterocycles. The van der Waals surface area contributed by atoms with Crippen LogP contribution < -0.4 is 10.1 Å². The molecule has 0 radical (unpaired) electrons. The van der Waals surface area contributed by atoms with E-state index in [1.165, 1.54) is 0 Å². The number of alkyl carbamates (subject to hydrolysis) is 1. The Balaban J connectivity index is 2.54. The van der Waals surface area contributed by atoms with Crippen LogP contribution in [0, 0.1) is 5.92 Å². The van der Waals surface area contributed by atoms with Crippen molar-refractivity contribution in [2.45, 2.75) is 52.7 Å². The van der Waals surface area contributed by atoms with Crippen LogP contribution in [0.4, 0.5) is 4.79 Å². The highest BCUT2D eigenvalue weighted by molar-refractivity contribution is 5.67. The van der Waals surface area contributed by atoms with Gasteiger partial charge < -0.3 is 19.9 Å². The third-order valence-corrected chi connectivity index (χ3v) is 3.12. The maximum Gasteiger partial charge on any atom is 0.407 e. The molecule has 1 amide bonds. The molecule has 0 aliphatic carbocycles. The van der Waals surface area contributed by atoms with Gasteiger partial charge in [-0.3, -0.25) is 0 Å². The Hall–Kier alpha value is -1.75. The van der Waals surface area contributed by atoms with Crippen molar-refractivity contribution < 1.29 is 19.4 Å². The average molecular weight is 323 g/mol. The standard InChI is InChI=1S/C18H29NO4/c1-13(11-19-17(21)23-18(3,4)5)10-15-8-6-7-9-16(15)22-14(2)12-20/h6-9,13-14,20H,10-12H2,1-5H3,(H,19,21)/t13-,14+/m0/s1. The van der Waals surface area contributed by atoms with Crippen LogP contribution in [-0.4, -0.2) is 36.1 Å². The summed E-state index contributed by atoms with van der Waals surface area (Å²) in [5, 5.41) is 11.9. The molecule has 23 heavy (non-hydrogen) atoms. The van der Waals surface area contributed by atoms with Crippen LogP contribution in [0.15, 0.2) is 24.3 Å². The second kappa shape index (κ2) is 8.77. The number of benzene rings is 1. The SMILES string of the molecule is C[C@H](CNC(=O)OC(C)(C)C)Cc1ccccc1O[C@H](C)CO. The van der Waals surface area contributed by atoms with Crippen molar-refractivity contribution in [1.29, 1.82) is 0 Å². The summed E-state index contributed by atoms with van der Waals surface area (Å²) in [6.07, 6.45) is 0.124. The molecule has 5 heteroatoms. The Morgan fingerprint density at radius 1 is 1.26 bits per heavy atom. The number of hydrogen-bond acceptors (Lipinski definition) is 4. The predicted octanol–water partition coefficient (Wildman–Crippen LogP) is 3.15. The molecule has 0 heterocycles. The number of ether oxygens (including phenoxy) is 2. The van der Waals surface area contributed by atoms with Gasteiger partial charge in [-0.2, -0.15) is 0 Å². The number of nitrogens with one attached hydrogen (secondary N) is 1. The van der Waals surface area contributed by atoms with Gasteiger partial charge in [0.25, 0.3) is 0 Å². The van der Waals surface area contributed by atoms with Crippen LogP contribution in [-0.2, 0) is 11.2 Å². The maximum atomic E-state index is 11.7. The molecule has 0 saturated carbocycles. The summed E-state index contributed by atoms with van der Waals surface area (Å²) >= 11 is 0. The van der Waals surface area contributed by atoms with Crippen LogP contribution in [0.5, 0.6) is 5.75 Å². The van der Waals surface area contributed by atoms with Crippen LogP contribution in [0.3, 0.4) is 0 Å². The monoisotopic (exact) mass is 323 g/mol. The first kappa shape index (κ1) is 19.3. The van der Waals surface area contributed by atoms with E-state index in [2.05, 4.69) is 12.2 Å². The van der Waals surface area contributed by atoms with Crippen molar-refractivity contribution in [3.63, 3.8) is 0 Å². The van der Waals surface area contributed by atoms with Crippen LogP contribution in [0.2, 0.25) is 0 Å². The highest BCUT2D eigenvalue weighted by atomic mass is 16.6. The van der Waals surface area contributed by atoms with Gasteiger partial charge in [-0.25, -0.2) is 4.79 Å². The number of aliphatic hydroxyl groups excluding tert-OH is 1. The Bertz CT molecular complexity index is 496. The van der Waals surface area contributed by atoms with Crippen LogP contribution in [0.1, 0.15) is 40.2 Å². The van der Waals surface area contributed by atoms with Crippen LogP contribution in [0.25, 0.3) is 0 Å². The molecule has 5 nitrogen and oxygen atoms in total. The first-order valence-corrected chi connectivity index (χ1v) is 8.03. The van der Waals surface area contributed by atoms with Crippen molar-refractivity contribution in [2.75, 3.05) is 13.2 Å². The van der Waals surface area contributed by atoms with E-state index in [1.54, 1.807) is 0 Å². The lowest BCUT2D eigenvalue weighted by Crippen LogP contribution is -2.35. The molecular formula is C18H29NO4. The van der Waals surface area contributed by atoms with E-state index in [4.69, 9.17) is 14.6 Å². The van der Waals surface area contributed by atoms with Crippen molar-refractivity contribution in [1.82, 2.24) is 5.32 Å². The average Bonchev–Trinajstić information content (AvgIpc) is 2.45. The Labute approximate surface area is 139 Å². The molecule has 2 atom stereocenters. The first-order chi connectivity index (χ1) is 10.7. The van der Waals surface area contributed by atoms with Gasteiger partial charge in [0, 0.05) is 6.54 Å². The first-order valence-electron chi connectivity index (χ1n) is 8.03. The van der Waals surface area contributed by atoms with E-state index >= 15 is 0 Å². The topological polar surface area (TPSA) is 67.8 Å². The molecule has 0 aromatic heterocycles. The predicted molar refractivity (Wildman–Crippen MR) is 90.7 cm³/mol. The summed E-state index contributed by atoms with van der Waals surface area (Å²) in [6, 6.07) is 7.77. The quantitative estimate of drug-likeness (QED) is 0.809. The van der Waals surface area contributed by atoms with E-state index in [0.717, 1.165) is 17.7 Å². The molecule has 130 valence electrons. The van der Waals surface area contributed by atoms with Gasteiger partial charge in [0.05, 0.1) is 6.61 Å². The van der Waals surface area contributed by atoms with Crippen molar-refractivity contribution in [3.8, 4) is 5.75 Å². The third kappa shape index (κ3) is 7.88. The second-order valence-corrected chi connectivity index (χ2v) is 6.91. The zero-order chi connectivity index (χ0) is 17.5. The number of amides is 1. The number of hydrogen-bond donors (Lipinski definition) is 2. The van der Waals surface area contributed by atoms with E-state index < -0.39 is 11.7 Å². The van der Waals surface area contributed by atoms with Gasteiger partial charge in [-0.05, 0) is 51.7 Å². The fraction of sp³-hybridized carbons (Fsp3) is 0.611. The largest absolute Gasteiger partial charge is 0.488 e. The zero-order valence-corrected chi connectivity index (χ0v) is 14.8. The summed E-state index contributed by atoms with van der Waals surface area (Å²) in [5.74, 6) is 1.01. The third-order valence-electron chi connectivity index (χ3n) is 3.12. The molecule has 1 rings (SSSR count). The molecule has 1 aromatic carbocycles. The highest BCUT2D eigenvalue weighted by Crippen LogP contribution is 2.22. The second-order valence-electron chi connectivity index (χ2n) is 6.91. The van der Waals surface area contributed by atoms with E-state index in [-0.39, 0.29) is 18.6 Å². The van der Waals surface area contributed by atoms with Gasteiger partial charge in [-0.1, -0.05) is 25.1 Å². The number of rotatable bonds is 7. The summed E-state index contributed by atoms with van der Waals surface area (Å²) in [6.45, 7) is 9.90. The van der Waals surface area contributed by atoms with Crippen molar-refractivity contribution in [3.05, 3.63) is 29.8 Å². The minimum atomic E-state index is -0.492. The van der Waals surface area contributed by atoms with E-state index in [9.17, 15) is 4.79 Å². The fourth-order valence-electron chi connectivity index (χ4n) is 2.06. The summed E-state index contributed by atoms with van der Waals surface area (Å²) < 4.78 is 11.0. The molecular weight excluding hydrogens is 294 g/mol. The lowest BCUT2D eigenvalue weighted by Gasteiger charge is -2.21. The molecule has 1 aromatic rings. The minimum Gasteiger partial charge on any atom is -0.488 e. The molecule has 0 bridgehead atoms. The molecule has 0 unspecified atom stereocenters. The van der Waals surface area contributed by atoms with Gasteiger partial charge >= 0.3 is 6.09 Å². The lowest BCUT2D eigenvalue weighted by atomic mass is 10.0. The normalized spacial score (nSPS) is 14.0. The van der Waals surface area contributed by atoms with E-state index in [0.29, 0.717) is 6.54 Å². The number of para-hydroxylation sites is 1. The minimum absolute atomic E-state index is 0.0237. The Morgan fingerprint density at radius 2 is 1.91 bits per heavy atom. The maximum absolute atomic E-state index is 11.7. The molecule has 0 aliphatic rings. The van der Waals surface area contributed by atoms with Gasteiger partial charge in [0.2, 0.25) is 0 Å². The summed E-state index contributed by atoms with van der Waals surface area (Å²) in [7, 11) is 0. The number of carbonyl (C=O) groups is 1. The van der Waals surface area contributed by atoms with Crippen molar-refractivity contribution >= 4 is 6.09 Å². The van der Waals surface area contributed by atoms with Crippen molar-refractivity contribution in [2.24, 2.45) is 5.92 Å².